The van der Waals surface area contributed by atoms with E-state index < -0.39 is 0 Å². The molecule has 0 saturated heterocycles. The van der Waals surface area contributed by atoms with Crippen molar-refractivity contribution < 1.29 is 0 Å². The zero-order chi connectivity index (χ0) is 9.97. The Hall–Kier alpha value is -0.960. The van der Waals surface area contributed by atoms with Gasteiger partial charge in [0, 0.05) is 16.6 Å². The number of hydrogen-bond donors (Lipinski definition) is 0. The van der Waals surface area contributed by atoms with Gasteiger partial charge in [0.05, 0.1) is 11.2 Å². The molecule has 2 aromatic rings. The number of rotatable bonds is 2. The van der Waals surface area contributed by atoms with Crippen molar-refractivity contribution in [2.24, 2.45) is 0 Å². The van der Waals surface area contributed by atoms with Gasteiger partial charge in [0.25, 0.3) is 0 Å². The van der Waals surface area contributed by atoms with E-state index in [-0.39, 0.29) is 0 Å². The largest absolute Gasteiger partial charge is 0.241 e. The lowest BCUT2D eigenvalue weighted by molar-refractivity contribution is 0.917. The molecular formula is C11H11BrN2. The molecule has 0 radical (unpaired) electrons. The van der Waals surface area contributed by atoms with Crippen LogP contribution in [0.3, 0.4) is 0 Å². The lowest BCUT2D eigenvalue weighted by atomic mass is 10.1. The number of halogens is 1. The summed E-state index contributed by atoms with van der Waals surface area (Å²) in [5.41, 5.74) is 2.13. The maximum atomic E-state index is 4.31. The average Bonchev–Trinajstić information content (AvgIpc) is 2.18. The third-order valence-corrected chi connectivity index (χ3v) is 2.42. The SMILES string of the molecule is CC(Br)Cc1ncnc2ccccc12. The van der Waals surface area contributed by atoms with Crippen molar-refractivity contribution in [1.29, 1.82) is 0 Å². The summed E-state index contributed by atoms with van der Waals surface area (Å²) in [7, 11) is 0. The Kier molecular flexibility index (Phi) is 2.77. The topological polar surface area (TPSA) is 25.8 Å². The number of hydrogen-bond acceptors (Lipinski definition) is 2. The Morgan fingerprint density at radius 1 is 1.29 bits per heavy atom. The Morgan fingerprint density at radius 2 is 2.07 bits per heavy atom. The van der Waals surface area contributed by atoms with Crippen molar-refractivity contribution in [3.63, 3.8) is 0 Å². The van der Waals surface area contributed by atoms with Crippen molar-refractivity contribution in [2.45, 2.75) is 18.2 Å². The molecule has 1 unspecified atom stereocenters. The molecule has 0 amide bonds. The van der Waals surface area contributed by atoms with E-state index in [4.69, 9.17) is 0 Å². The van der Waals surface area contributed by atoms with Crippen molar-refractivity contribution in [3.8, 4) is 0 Å². The van der Waals surface area contributed by atoms with Crippen LogP contribution in [0.4, 0.5) is 0 Å². The van der Waals surface area contributed by atoms with Gasteiger partial charge in [0.2, 0.25) is 0 Å². The summed E-state index contributed by atoms with van der Waals surface area (Å²) in [5.74, 6) is 0. The first-order chi connectivity index (χ1) is 6.77. The Labute approximate surface area is 91.5 Å². The molecule has 0 aliphatic rings. The second-order valence-electron chi connectivity index (χ2n) is 3.32. The van der Waals surface area contributed by atoms with Gasteiger partial charge in [-0.25, -0.2) is 9.97 Å². The van der Waals surface area contributed by atoms with E-state index in [0.717, 1.165) is 23.0 Å². The van der Waals surface area contributed by atoms with Gasteiger partial charge in [-0.3, -0.25) is 0 Å². The van der Waals surface area contributed by atoms with Crippen molar-refractivity contribution in [2.75, 3.05) is 0 Å². The van der Waals surface area contributed by atoms with Crippen LogP contribution in [0.1, 0.15) is 12.6 Å². The van der Waals surface area contributed by atoms with Crippen LogP contribution in [0, 0.1) is 0 Å². The lowest BCUT2D eigenvalue weighted by Crippen LogP contribution is -2.00. The predicted octanol–water partition coefficient (Wildman–Crippen LogP) is 2.96. The zero-order valence-electron chi connectivity index (χ0n) is 7.94. The van der Waals surface area contributed by atoms with Crippen molar-refractivity contribution in [1.82, 2.24) is 9.97 Å². The molecule has 1 aromatic carbocycles. The van der Waals surface area contributed by atoms with Crippen LogP contribution in [0.15, 0.2) is 30.6 Å². The van der Waals surface area contributed by atoms with Crippen LogP contribution in [0.25, 0.3) is 10.9 Å². The molecule has 0 saturated carbocycles. The number of para-hydroxylation sites is 1. The maximum Gasteiger partial charge on any atom is 0.116 e. The third kappa shape index (κ3) is 1.93. The molecule has 2 rings (SSSR count). The molecule has 1 aromatic heterocycles. The van der Waals surface area contributed by atoms with Gasteiger partial charge >= 0.3 is 0 Å². The zero-order valence-corrected chi connectivity index (χ0v) is 9.53. The number of benzene rings is 1. The minimum Gasteiger partial charge on any atom is -0.241 e. The lowest BCUT2D eigenvalue weighted by Gasteiger charge is -2.05. The molecule has 0 bridgehead atoms. The summed E-state index contributed by atoms with van der Waals surface area (Å²) in [5, 5.41) is 1.15. The fourth-order valence-electron chi connectivity index (χ4n) is 1.49. The summed E-state index contributed by atoms with van der Waals surface area (Å²) < 4.78 is 0. The van der Waals surface area contributed by atoms with E-state index in [1.54, 1.807) is 6.33 Å². The molecule has 3 heteroatoms. The standard InChI is InChI=1S/C11H11BrN2/c1-8(12)6-11-9-4-2-3-5-10(9)13-7-14-11/h2-5,7-8H,6H2,1H3. The van der Waals surface area contributed by atoms with Gasteiger partial charge in [0.15, 0.2) is 0 Å². The second kappa shape index (κ2) is 4.05. The van der Waals surface area contributed by atoms with Crippen molar-refractivity contribution >= 4 is 26.8 Å². The minimum atomic E-state index is 0.445. The molecular weight excluding hydrogens is 240 g/mol. The highest BCUT2D eigenvalue weighted by atomic mass is 79.9. The Balaban J connectivity index is 2.53. The number of fused-ring (bicyclic) bond motifs is 1. The highest BCUT2D eigenvalue weighted by molar-refractivity contribution is 9.09. The minimum absolute atomic E-state index is 0.445. The summed E-state index contributed by atoms with van der Waals surface area (Å²) >= 11 is 3.54. The van der Waals surface area contributed by atoms with E-state index in [0.29, 0.717) is 4.83 Å². The molecule has 0 N–H and O–H groups in total. The maximum absolute atomic E-state index is 4.31. The molecule has 1 heterocycles. The first-order valence-corrected chi connectivity index (χ1v) is 5.51. The highest BCUT2D eigenvalue weighted by Crippen LogP contribution is 2.17. The second-order valence-corrected chi connectivity index (χ2v) is 4.89. The molecule has 0 fully saturated rings. The van der Waals surface area contributed by atoms with Crippen molar-refractivity contribution in [3.05, 3.63) is 36.3 Å². The van der Waals surface area contributed by atoms with E-state index in [9.17, 15) is 0 Å². The number of alkyl halides is 1. The quantitative estimate of drug-likeness (QED) is 0.767. The fraction of sp³-hybridized carbons (Fsp3) is 0.273. The first-order valence-electron chi connectivity index (χ1n) is 4.60. The van der Waals surface area contributed by atoms with Crippen LogP contribution in [0.5, 0.6) is 0 Å². The van der Waals surface area contributed by atoms with Gasteiger partial charge in [-0.05, 0) is 6.07 Å². The fourth-order valence-corrected chi connectivity index (χ4v) is 1.80. The van der Waals surface area contributed by atoms with Gasteiger partial charge in [-0.15, -0.1) is 0 Å². The van der Waals surface area contributed by atoms with E-state index in [2.05, 4.69) is 38.9 Å². The summed E-state index contributed by atoms with van der Waals surface area (Å²) in [6, 6.07) is 8.10. The number of nitrogens with zero attached hydrogens (tertiary/aromatic N) is 2. The third-order valence-electron chi connectivity index (χ3n) is 2.10. The molecule has 72 valence electrons. The molecule has 0 spiro atoms. The van der Waals surface area contributed by atoms with Crippen LogP contribution < -0.4 is 0 Å². The van der Waals surface area contributed by atoms with E-state index >= 15 is 0 Å². The summed E-state index contributed by atoms with van der Waals surface area (Å²) in [4.78, 5) is 8.97. The normalized spacial score (nSPS) is 13.0. The summed E-state index contributed by atoms with van der Waals surface area (Å²) in [6.45, 7) is 2.12. The smallest absolute Gasteiger partial charge is 0.116 e. The van der Waals surface area contributed by atoms with Gasteiger partial charge in [-0.1, -0.05) is 41.1 Å². The first kappa shape index (κ1) is 9.59. The van der Waals surface area contributed by atoms with Crippen LogP contribution in [-0.4, -0.2) is 14.8 Å². The van der Waals surface area contributed by atoms with Gasteiger partial charge < -0.3 is 0 Å². The van der Waals surface area contributed by atoms with E-state index in [1.165, 1.54) is 0 Å². The molecule has 1 atom stereocenters. The molecule has 14 heavy (non-hydrogen) atoms. The molecule has 0 aliphatic heterocycles. The molecule has 0 aliphatic carbocycles. The van der Waals surface area contributed by atoms with E-state index in [1.807, 2.05) is 18.2 Å². The van der Waals surface area contributed by atoms with Gasteiger partial charge in [-0.2, -0.15) is 0 Å². The predicted molar refractivity (Wildman–Crippen MR) is 61.6 cm³/mol. The van der Waals surface area contributed by atoms with Crippen LogP contribution in [-0.2, 0) is 6.42 Å². The van der Waals surface area contributed by atoms with Crippen LogP contribution >= 0.6 is 15.9 Å². The highest BCUT2D eigenvalue weighted by Gasteiger charge is 2.05. The number of aromatic nitrogens is 2. The molecule has 2 nitrogen and oxygen atoms in total. The average molecular weight is 251 g/mol. The monoisotopic (exact) mass is 250 g/mol. The van der Waals surface area contributed by atoms with Gasteiger partial charge in [0.1, 0.15) is 6.33 Å². The Morgan fingerprint density at radius 3 is 2.86 bits per heavy atom. The Bertz CT molecular complexity index is 435. The summed E-state index contributed by atoms with van der Waals surface area (Å²) in [6.07, 6.45) is 2.57. The van der Waals surface area contributed by atoms with Crippen LogP contribution in [0.2, 0.25) is 0 Å².